The van der Waals surface area contributed by atoms with Crippen LogP contribution >= 0.6 is 10.7 Å². The molecule has 1 atom stereocenters. The molecule has 1 aliphatic rings. The van der Waals surface area contributed by atoms with Gasteiger partial charge < -0.3 is 4.90 Å². The molecule has 0 aromatic heterocycles. The first-order valence-corrected chi connectivity index (χ1v) is 7.93. The van der Waals surface area contributed by atoms with Crippen molar-refractivity contribution in [1.82, 2.24) is 4.90 Å². The summed E-state index contributed by atoms with van der Waals surface area (Å²) in [5, 5.41) is 26.4. The molecule has 1 unspecified atom stereocenters. The van der Waals surface area contributed by atoms with E-state index in [0.717, 1.165) is 4.90 Å². The van der Waals surface area contributed by atoms with Crippen LogP contribution < -0.4 is 0 Å². The van der Waals surface area contributed by atoms with Crippen LogP contribution in [0.2, 0.25) is 0 Å². The Kier molecular flexibility index (Phi) is 5.10. The van der Waals surface area contributed by atoms with Crippen molar-refractivity contribution in [3.63, 3.8) is 0 Å². The maximum absolute atomic E-state index is 11.8. The summed E-state index contributed by atoms with van der Waals surface area (Å²) in [6.07, 6.45) is -0.326. The molecule has 0 aliphatic carbocycles. The zero-order chi connectivity index (χ0) is 15.3. The highest BCUT2D eigenvalue weighted by Gasteiger charge is 2.35. The van der Waals surface area contributed by atoms with Crippen LogP contribution in [0.25, 0.3) is 0 Å². The molecular weight excluding hydrogens is 304 g/mol. The molecule has 0 spiro atoms. The summed E-state index contributed by atoms with van der Waals surface area (Å²) >= 11 is 0. The minimum Gasteiger partial charge on any atom is -0.313 e. The molecule has 1 heterocycles. The van der Waals surface area contributed by atoms with Gasteiger partial charge >= 0.3 is 0 Å². The zero-order valence-electron chi connectivity index (χ0n) is 10.2. The Hall–Kier alpha value is -2.08. The van der Waals surface area contributed by atoms with E-state index in [1.807, 2.05) is 0 Å². The van der Waals surface area contributed by atoms with Crippen LogP contribution in [-0.4, -0.2) is 31.5 Å². The van der Waals surface area contributed by atoms with Gasteiger partial charge in [0, 0.05) is 29.6 Å². The molecule has 104 valence electrons. The second-order valence-corrected chi connectivity index (χ2v) is 6.98. The SMILES string of the molecule is N#CCC(=C(C#N)C#N)N1CC(CS(=O)(=O)Cl)CC1=O. The molecule has 1 saturated heterocycles. The Morgan fingerprint density at radius 3 is 2.40 bits per heavy atom. The quantitative estimate of drug-likeness (QED) is 0.553. The molecule has 0 aromatic rings. The summed E-state index contributed by atoms with van der Waals surface area (Å²) in [6.45, 7) is 0.0225. The van der Waals surface area contributed by atoms with Crippen molar-refractivity contribution in [1.29, 1.82) is 15.8 Å². The van der Waals surface area contributed by atoms with Crippen LogP contribution in [0.3, 0.4) is 0 Å². The molecular formula is C11H9ClN4O3S. The summed E-state index contributed by atoms with van der Waals surface area (Å²) in [5.41, 5.74) is -0.314. The van der Waals surface area contributed by atoms with Crippen molar-refractivity contribution in [2.45, 2.75) is 12.8 Å². The highest BCUT2D eigenvalue weighted by Crippen LogP contribution is 2.27. The number of halogens is 1. The van der Waals surface area contributed by atoms with Gasteiger partial charge in [-0.3, -0.25) is 4.79 Å². The smallest absolute Gasteiger partial charge is 0.232 e. The molecule has 1 amide bonds. The average molecular weight is 313 g/mol. The van der Waals surface area contributed by atoms with E-state index in [1.54, 1.807) is 18.2 Å². The molecule has 1 fully saturated rings. The van der Waals surface area contributed by atoms with Gasteiger partial charge in [0.25, 0.3) is 0 Å². The van der Waals surface area contributed by atoms with E-state index in [2.05, 4.69) is 0 Å². The average Bonchev–Trinajstić information content (AvgIpc) is 2.68. The van der Waals surface area contributed by atoms with Gasteiger partial charge in [-0.15, -0.1) is 0 Å². The number of likely N-dealkylation sites (tertiary alicyclic amines) is 1. The molecule has 9 heteroatoms. The molecule has 0 radical (unpaired) electrons. The predicted octanol–water partition coefficient (Wildman–Crippen LogP) is 0.618. The Morgan fingerprint density at radius 2 is 1.95 bits per heavy atom. The maximum atomic E-state index is 11.8. The molecule has 0 bridgehead atoms. The maximum Gasteiger partial charge on any atom is 0.232 e. The number of nitrogens with zero attached hydrogens (tertiary/aromatic N) is 4. The molecule has 1 aliphatic heterocycles. The van der Waals surface area contributed by atoms with E-state index in [9.17, 15) is 13.2 Å². The van der Waals surface area contributed by atoms with Crippen LogP contribution in [0.4, 0.5) is 0 Å². The van der Waals surface area contributed by atoms with E-state index < -0.39 is 20.9 Å². The van der Waals surface area contributed by atoms with Gasteiger partial charge in [0.05, 0.1) is 23.9 Å². The number of amides is 1. The lowest BCUT2D eigenvalue weighted by Crippen LogP contribution is -2.26. The van der Waals surface area contributed by atoms with Crippen molar-refractivity contribution in [2.75, 3.05) is 12.3 Å². The van der Waals surface area contributed by atoms with Crippen molar-refractivity contribution >= 4 is 25.6 Å². The first kappa shape index (κ1) is 16.0. The van der Waals surface area contributed by atoms with E-state index in [-0.39, 0.29) is 36.4 Å². The largest absolute Gasteiger partial charge is 0.313 e. The van der Waals surface area contributed by atoms with Gasteiger partial charge in [-0.1, -0.05) is 0 Å². The van der Waals surface area contributed by atoms with Crippen molar-refractivity contribution < 1.29 is 13.2 Å². The van der Waals surface area contributed by atoms with Crippen molar-refractivity contribution in [3.05, 3.63) is 11.3 Å². The fourth-order valence-electron chi connectivity index (χ4n) is 1.98. The van der Waals surface area contributed by atoms with Crippen molar-refractivity contribution in [2.24, 2.45) is 5.92 Å². The minimum atomic E-state index is -3.74. The third kappa shape index (κ3) is 3.96. The first-order valence-electron chi connectivity index (χ1n) is 5.45. The second-order valence-electron chi connectivity index (χ2n) is 4.16. The summed E-state index contributed by atoms with van der Waals surface area (Å²) < 4.78 is 22.0. The van der Waals surface area contributed by atoms with E-state index in [0.29, 0.717) is 0 Å². The van der Waals surface area contributed by atoms with E-state index >= 15 is 0 Å². The Bertz CT molecular complexity index is 662. The van der Waals surface area contributed by atoms with Crippen LogP contribution in [0.5, 0.6) is 0 Å². The number of hydrogen-bond donors (Lipinski definition) is 0. The molecule has 0 N–H and O–H groups in total. The standard InChI is InChI=1S/C11H9ClN4O3S/c12-20(18,19)7-8-3-11(17)16(6-8)10(1-2-13)9(4-14)5-15/h8H,1,3,6-7H2. The van der Waals surface area contributed by atoms with Crippen molar-refractivity contribution in [3.8, 4) is 18.2 Å². The second kappa shape index (κ2) is 6.38. The molecule has 1 rings (SSSR count). The number of allylic oxidation sites excluding steroid dienone is 2. The van der Waals surface area contributed by atoms with Gasteiger partial charge in [0.15, 0.2) is 0 Å². The summed E-state index contributed by atoms with van der Waals surface area (Å²) in [7, 11) is 1.40. The third-order valence-corrected chi connectivity index (χ3v) is 3.97. The summed E-state index contributed by atoms with van der Waals surface area (Å²) in [4.78, 5) is 13.0. The number of rotatable bonds is 4. The van der Waals surface area contributed by atoms with Crippen LogP contribution in [-0.2, 0) is 13.8 Å². The molecule has 0 aromatic carbocycles. The Morgan fingerprint density at radius 1 is 1.35 bits per heavy atom. The molecule has 0 saturated carbocycles. The van der Waals surface area contributed by atoms with Gasteiger partial charge in [0.2, 0.25) is 15.0 Å². The van der Waals surface area contributed by atoms with Gasteiger partial charge in [-0.05, 0) is 0 Å². The van der Waals surface area contributed by atoms with Crippen LogP contribution in [0, 0.1) is 39.9 Å². The molecule has 20 heavy (non-hydrogen) atoms. The predicted molar refractivity (Wildman–Crippen MR) is 67.9 cm³/mol. The van der Waals surface area contributed by atoms with E-state index in [4.69, 9.17) is 26.5 Å². The normalized spacial score (nSPS) is 18.0. The lowest BCUT2D eigenvalue weighted by atomic mass is 10.1. The van der Waals surface area contributed by atoms with E-state index in [1.165, 1.54) is 0 Å². The Labute approximate surface area is 120 Å². The number of carbonyl (C=O) groups excluding carboxylic acids is 1. The molecule has 7 nitrogen and oxygen atoms in total. The van der Waals surface area contributed by atoms with Gasteiger partial charge in [-0.25, -0.2) is 8.42 Å². The summed E-state index contributed by atoms with van der Waals surface area (Å²) in [6, 6.07) is 5.03. The van der Waals surface area contributed by atoms with Crippen LogP contribution in [0.15, 0.2) is 11.3 Å². The monoisotopic (exact) mass is 312 g/mol. The fourth-order valence-corrected chi connectivity index (χ4v) is 3.30. The van der Waals surface area contributed by atoms with Gasteiger partial charge in [-0.2, -0.15) is 15.8 Å². The fraction of sp³-hybridized carbons (Fsp3) is 0.455. The Balaban J connectivity index is 3.06. The zero-order valence-corrected chi connectivity index (χ0v) is 11.8. The number of hydrogen-bond acceptors (Lipinski definition) is 6. The first-order chi connectivity index (χ1) is 9.32. The highest BCUT2D eigenvalue weighted by molar-refractivity contribution is 8.13. The minimum absolute atomic E-state index is 0.0111. The van der Waals surface area contributed by atoms with Crippen LogP contribution in [0.1, 0.15) is 12.8 Å². The topological polar surface area (TPSA) is 126 Å². The third-order valence-electron chi connectivity index (χ3n) is 2.72. The number of carbonyl (C=O) groups is 1. The highest BCUT2D eigenvalue weighted by atomic mass is 35.7. The van der Waals surface area contributed by atoms with Gasteiger partial charge in [0.1, 0.15) is 17.7 Å². The summed E-state index contributed by atoms with van der Waals surface area (Å²) in [5.74, 6) is -1.31. The lowest BCUT2D eigenvalue weighted by Gasteiger charge is -2.18. The number of nitriles is 3. The lowest BCUT2D eigenvalue weighted by molar-refractivity contribution is -0.126.